The van der Waals surface area contributed by atoms with Crippen LogP contribution in [-0.2, 0) is 6.54 Å². The molecule has 2 nitrogen and oxygen atoms in total. The predicted octanol–water partition coefficient (Wildman–Crippen LogP) is 2.59. The molecule has 0 saturated heterocycles. The monoisotopic (exact) mass is 210 g/mol. The molecule has 0 aliphatic carbocycles. The van der Waals surface area contributed by atoms with Crippen LogP contribution in [0.25, 0.3) is 9.88 Å². The Morgan fingerprint density at radius 3 is 3.08 bits per heavy atom. The normalized spacial score (nSPS) is 10.5. The zero-order chi connectivity index (χ0) is 9.10. The molecule has 0 aromatic carbocycles. The molecular weight excluding hydrogens is 200 g/mol. The van der Waals surface area contributed by atoms with E-state index in [1.165, 1.54) is 9.75 Å². The number of aromatic nitrogens is 1. The lowest BCUT2D eigenvalue weighted by Crippen LogP contribution is -2.02. The SMILES string of the molecule is CNCc1ccc(-c2nccs2)s1. The number of thiophene rings is 1. The van der Waals surface area contributed by atoms with Gasteiger partial charge in [-0.2, -0.15) is 0 Å². The second-order valence-corrected chi connectivity index (χ2v) is 4.70. The van der Waals surface area contributed by atoms with Crippen LogP contribution in [0.3, 0.4) is 0 Å². The zero-order valence-electron chi connectivity index (χ0n) is 7.28. The molecule has 0 aliphatic heterocycles. The summed E-state index contributed by atoms with van der Waals surface area (Å²) in [7, 11) is 1.96. The van der Waals surface area contributed by atoms with Gasteiger partial charge in [-0.3, -0.25) is 0 Å². The van der Waals surface area contributed by atoms with Gasteiger partial charge in [-0.15, -0.1) is 22.7 Å². The highest BCUT2D eigenvalue weighted by Crippen LogP contribution is 2.29. The van der Waals surface area contributed by atoms with E-state index < -0.39 is 0 Å². The Bertz CT molecular complexity index is 365. The molecule has 0 amide bonds. The van der Waals surface area contributed by atoms with Crippen molar-refractivity contribution >= 4 is 22.7 Å². The van der Waals surface area contributed by atoms with E-state index in [1.54, 1.807) is 22.7 Å². The van der Waals surface area contributed by atoms with Crippen LogP contribution in [-0.4, -0.2) is 12.0 Å². The second-order valence-electron chi connectivity index (χ2n) is 2.63. The first-order chi connectivity index (χ1) is 6.40. The summed E-state index contributed by atoms with van der Waals surface area (Å²) in [6.45, 7) is 0.941. The lowest BCUT2D eigenvalue weighted by molar-refractivity contribution is 0.831. The Kier molecular flexibility index (Phi) is 2.73. The number of rotatable bonds is 3. The van der Waals surface area contributed by atoms with Gasteiger partial charge in [0.1, 0.15) is 5.01 Å². The summed E-state index contributed by atoms with van der Waals surface area (Å²) in [6, 6.07) is 4.29. The molecule has 0 atom stereocenters. The highest BCUT2D eigenvalue weighted by Gasteiger charge is 2.03. The number of nitrogens with zero attached hydrogens (tertiary/aromatic N) is 1. The zero-order valence-corrected chi connectivity index (χ0v) is 8.91. The van der Waals surface area contributed by atoms with Crippen molar-refractivity contribution in [1.82, 2.24) is 10.3 Å². The molecule has 0 fully saturated rings. The maximum Gasteiger partial charge on any atom is 0.133 e. The number of hydrogen-bond acceptors (Lipinski definition) is 4. The van der Waals surface area contributed by atoms with Crippen LogP contribution in [0.15, 0.2) is 23.7 Å². The fourth-order valence-electron chi connectivity index (χ4n) is 1.11. The van der Waals surface area contributed by atoms with E-state index in [2.05, 4.69) is 22.4 Å². The quantitative estimate of drug-likeness (QED) is 0.842. The number of hydrogen-bond donors (Lipinski definition) is 1. The van der Waals surface area contributed by atoms with Crippen molar-refractivity contribution in [2.45, 2.75) is 6.54 Å². The molecule has 0 spiro atoms. The highest BCUT2D eigenvalue weighted by molar-refractivity contribution is 7.21. The molecule has 0 saturated carbocycles. The minimum atomic E-state index is 0.941. The Labute approximate surface area is 85.3 Å². The van der Waals surface area contributed by atoms with Gasteiger partial charge in [0.15, 0.2) is 0 Å². The van der Waals surface area contributed by atoms with Crippen LogP contribution in [0.2, 0.25) is 0 Å². The van der Waals surface area contributed by atoms with Gasteiger partial charge in [0.2, 0.25) is 0 Å². The van der Waals surface area contributed by atoms with E-state index in [0.717, 1.165) is 11.6 Å². The molecule has 1 N–H and O–H groups in total. The Hall–Kier alpha value is -0.710. The number of nitrogens with one attached hydrogen (secondary N) is 1. The highest BCUT2D eigenvalue weighted by atomic mass is 32.1. The second kappa shape index (κ2) is 4.00. The van der Waals surface area contributed by atoms with Crippen LogP contribution < -0.4 is 5.32 Å². The van der Waals surface area contributed by atoms with Crippen molar-refractivity contribution in [2.75, 3.05) is 7.05 Å². The van der Waals surface area contributed by atoms with Crippen LogP contribution in [0, 0.1) is 0 Å². The van der Waals surface area contributed by atoms with Crippen LogP contribution >= 0.6 is 22.7 Å². The lowest BCUT2D eigenvalue weighted by atomic mass is 10.4. The summed E-state index contributed by atoms with van der Waals surface area (Å²) >= 11 is 3.49. The van der Waals surface area contributed by atoms with E-state index in [0.29, 0.717) is 0 Å². The average molecular weight is 210 g/mol. The van der Waals surface area contributed by atoms with Gasteiger partial charge in [0.25, 0.3) is 0 Å². The first-order valence-corrected chi connectivity index (χ1v) is 5.73. The van der Waals surface area contributed by atoms with E-state index in [9.17, 15) is 0 Å². The predicted molar refractivity (Wildman–Crippen MR) is 58.2 cm³/mol. The third kappa shape index (κ3) is 1.96. The molecule has 2 heterocycles. The third-order valence-corrected chi connectivity index (χ3v) is 3.68. The minimum absolute atomic E-state index is 0.941. The molecule has 4 heteroatoms. The molecule has 0 unspecified atom stereocenters. The van der Waals surface area contributed by atoms with Crippen molar-refractivity contribution in [3.05, 3.63) is 28.6 Å². The molecule has 2 rings (SSSR count). The van der Waals surface area contributed by atoms with E-state index in [4.69, 9.17) is 0 Å². The van der Waals surface area contributed by atoms with Crippen LogP contribution in [0.4, 0.5) is 0 Å². The summed E-state index contributed by atoms with van der Waals surface area (Å²) in [6.07, 6.45) is 1.84. The summed E-state index contributed by atoms with van der Waals surface area (Å²) < 4.78 is 0. The molecule has 2 aromatic heterocycles. The largest absolute Gasteiger partial charge is 0.315 e. The maximum absolute atomic E-state index is 4.27. The van der Waals surface area contributed by atoms with Crippen molar-refractivity contribution in [3.63, 3.8) is 0 Å². The first kappa shape index (κ1) is 8.87. The van der Waals surface area contributed by atoms with Gasteiger partial charge in [-0.25, -0.2) is 4.98 Å². The van der Waals surface area contributed by atoms with Gasteiger partial charge in [0.05, 0.1) is 4.88 Å². The van der Waals surface area contributed by atoms with Gasteiger partial charge in [-0.05, 0) is 19.2 Å². The first-order valence-electron chi connectivity index (χ1n) is 4.03. The molecule has 0 bridgehead atoms. The van der Waals surface area contributed by atoms with Crippen molar-refractivity contribution in [3.8, 4) is 9.88 Å². The van der Waals surface area contributed by atoms with Crippen LogP contribution in [0.5, 0.6) is 0 Å². The van der Waals surface area contributed by atoms with Crippen molar-refractivity contribution in [1.29, 1.82) is 0 Å². The lowest BCUT2D eigenvalue weighted by Gasteiger charge is -1.91. The Morgan fingerprint density at radius 1 is 1.46 bits per heavy atom. The summed E-state index contributed by atoms with van der Waals surface area (Å²) in [5, 5.41) is 6.26. The Balaban J connectivity index is 2.23. The minimum Gasteiger partial charge on any atom is -0.315 e. The summed E-state index contributed by atoms with van der Waals surface area (Å²) in [4.78, 5) is 6.89. The molecule has 0 aliphatic rings. The van der Waals surface area contributed by atoms with Gasteiger partial charge < -0.3 is 5.32 Å². The Morgan fingerprint density at radius 2 is 2.38 bits per heavy atom. The summed E-state index contributed by atoms with van der Waals surface area (Å²) in [5.41, 5.74) is 0. The smallest absolute Gasteiger partial charge is 0.133 e. The third-order valence-electron chi connectivity index (χ3n) is 1.66. The standard InChI is InChI=1S/C9H10N2S2/c1-10-6-7-2-3-8(13-7)9-11-4-5-12-9/h2-5,10H,6H2,1H3. The number of thiazole rings is 1. The summed E-state index contributed by atoms with van der Waals surface area (Å²) in [5.74, 6) is 0. The van der Waals surface area contributed by atoms with E-state index in [-0.39, 0.29) is 0 Å². The molecule has 13 heavy (non-hydrogen) atoms. The molecule has 0 radical (unpaired) electrons. The molecule has 68 valence electrons. The average Bonchev–Trinajstić information content (AvgIpc) is 2.70. The van der Waals surface area contributed by atoms with Crippen molar-refractivity contribution < 1.29 is 0 Å². The van der Waals surface area contributed by atoms with Crippen LogP contribution in [0.1, 0.15) is 4.88 Å². The fraction of sp³-hybridized carbons (Fsp3) is 0.222. The van der Waals surface area contributed by atoms with E-state index >= 15 is 0 Å². The van der Waals surface area contributed by atoms with Gasteiger partial charge in [0, 0.05) is 23.0 Å². The van der Waals surface area contributed by atoms with Gasteiger partial charge in [-0.1, -0.05) is 0 Å². The van der Waals surface area contributed by atoms with Crippen molar-refractivity contribution in [2.24, 2.45) is 0 Å². The molecular formula is C9H10N2S2. The molecule has 2 aromatic rings. The topological polar surface area (TPSA) is 24.9 Å². The van der Waals surface area contributed by atoms with E-state index in [1.807, 2.05) is 18.6 Å². The maximum atomic E-state index is 4.27. The van der Waals surface area contributed by atoms with Gasteiger partial charge >= 0.3 is 0 Å². The fourth-order valence-corrected chi connectivity index (χ4v) is 2.84.